The Hall–Kier alpha value is -2.19. The lowest BCUT2D eigenvalue weighted by molar-refractivity contribution is -0.140. The van der Waals surface area contributed by atoms with Crippen molar-refractivity contribution in [2.45, 2.75) is 24.8 Å². The third kappa shape index (κ3) is 3.67. The maximum absolute atomic E-state index is 13.1. The predicted molar refractivity (Wildman–Crippen MR) is 116 cm³/mol. The number of aliphatic carboxylic acids is 1. The highest BCUT2D eigenvalue weighted by Crippen LogP contribution is 2.58. The Kier molecular flexibility index (Phi) is 5.48. The first-order chi connectivity index (χ1) is 14.3. The van der Waals surface area contributed by atoms with Crippen LogP contribution in [0, 0.1) is 5.92 Å². The van der Waals surface area contributed by atoms with Gasteiger partial charge in [0.2, 0.25) is 0 Å². The zero-order chi connectivity index (χ0) is 21.5. The molecule has 1 heterocycles. The van der Waals surface area contributed by atoms with Crippen LogP contribution in [0.5, 0.6) is 0 Å². The molecule has 2 aromatic carbocycles. The average molecular weight is 447 g/mol. The molecule has 3 atom stereocenters. The summed E-state index contributed by atoms with van der Waals surface area (Å²) in [4.78, 5) is 12.1. The van der Waals surface area contributed by atoms with Gasteiger partial charge in [-0.15, -0.1) is 0 Å². The van der Waals surface area contributed by atoms with Crippen LogP contribution in [0.1, 0.15) is 30.4 Å². The highest BCUT2D eigenvalue weighted by atomic mass is 35.5. The van der Waals surface area contributed by atoms with Crippen LogP contribution in [0.15, 0.2) is 60.7 Å². The monoisotopic (exact) mass is 446 g/mol. The average Bonchev–Trinajstić information content (AvgIpc) is 3.33. The molecule has 0 bridgehead atoms. The minimum absolute atomic E-state index is 0.188. The molecule has 2 aliphatic rings. The van der Waals surface area contributed by atoms with E-state index in [1.165, 1.54) is 4.31 Å². The number of halogens is 1. The van der Waals surface area contributed by atoms with Gasteiger partial charge in [0.05, 0.1) is 0 Å². The van der Waals surface area contributed by atoms with Crippen LogP contribution in [0.25, 0.3) is 5.57 Å². The van der Waals surface area contributed by atoms with Crippen molar-refractivity contribution in [1.82, 2.24) is 9.03 Å². The molecule has 30 heavy (non-hydrogen) atoms. The summed E-state index contributed by atoms with van der Waals surface area (Å²) >= 11 is 5.93. The summed E-state index contributed by atoms with van der Waals surface area (Å²) < 4.78 is 29.9. The third-order valence-electron chi connectivity index (χ3n) is 6.14. The topological polar surface area (TPSA) is 86.7 Å². The normalized spacial score (nSPS) is 26.8. The van der Waals surface area contributed by atoms with Crippen molar-refractivity contribution in [1.29, 1.82) is 0 Å². The Balaban J connectivity index is 1.53. The summed E-state index contributed by atoms with van der Waals surface area (Å²) in [5, 5.41) is 10.6. The van der Waals surface area contributed by atoms with Gasteiger partial charge < -0.3 is 5.11 Å². The quantitative estimate of drug-likeness (QED) is 0.710. The van der Waals surface area contributed by atoms with Gasteiger partial charge >= 0.3 is 5.97 Å². The Bertz CT molecular complexity index is 1090. The van der Waals surface area contributed by atoms with E-state index in [-0.39, 0.29) is 19.0 Å². The van der Waals surface area contributed by atoms with Crippen molar-refractivity contribution in [3.8, 4) is 0 Å². The SMILES string of the molecule is CC1[C@H](c2ccccc2)[C@]1(NS(=O)(=O)N1CC=C(c2ccc(Cl)cc2)CC1)C(=O)O. The van der Waals surface area contributed by atoms with Gasteiger partial charge in [-0.1, -0.05) is 67.1 Å². The van der Waals surface area contributed by atoms with Crippen molar-refractivity contribution in [3.63, 3.8) is 0 Å². The van der Waals surface area contributed by atoms with E-state index in [0.29, 0.717) is 11.4 Å². The summed E-state index contributed by atoms with van der Waals surface area (Å²) in [6, 6.07) is 16.6. The van der Waals surface area contributed by atoms with Gasteiger partial charge in [-0.25, -0.2) is 0 Å². The second kappa shape index (κ2) is 7.81. The maximum Gasteiger partial charge on any atom is 0.325 e. The molecular weight excluding hydrogens is 424 g/mol. The number of nitrogens with one attached hydrogen (secondary N) is 1. The molecule has 0 amide bonds. The zero-order valence-corrected chi connectivity index (χ0v) is 18.0. The van der Waals surface area contributed by atoms with Crippen molar-refractivity contribution < 1.29 is 18.3 Å². The van der Waals surface area contributed by atoms with Crippen LogP contribution in [0.3, 0.4) is 0 Å². The Labute approximate surface area is 181 Å². The highest BCUT2D eigenvalue weighted by Gasteiger charge is 2.70. The number of carboxylic acids is 1. The number of benzene rings is 2. The van der Waals surface area contributed by atoms with Gasteiger partial charge in [0.25, 0.3) is 10.2 Å². The van der Waals surface area contributed by atoms with Crippen LogP contribution in [0.2, 0.25) is 5.02 Å². The van der Waals surface area contributed by atoms with Crippen LogP contribution in [-0.4, -0.2) is 42.4 Å². The maximum atomic E-state index is 13.1. The fourth-order valence-electron chi connectivity index (χ4n) is 4.37. The minimum atomic E-state index is -3.97. The molecule has 2 aromatic rings. The van der Waals surface area contributed by atoms with E-state index in [2.05, 4.69) is 4.72 Å². The van der Waals surface area contributed by atoms with Crippen LogP contribution >= 0.6 is 11.6 Å². The summed E-state index contributed by atoms with van der Waals surface area (Å²) in [5.41, 5.74) is 1.35. The van der Waals surface area contributed by atoms with Gasteiger partial charge in [0.15, 0.2) is 0 Å². The number of nitrogens with zero attached hydrogens (tertiary/aromatic N) is 1. The van der Waals surface area contributed by atoms with E-state index in [1.54, 1.807) is 19.1 Å². The molecule has 158 valence electrons. The number of carboxylic acid groups (broad SMARTS) is 1. The Morgan fingerprint density at radius 2 is 1.83 bits per heavy atom. The van der Waals surface area contributed by atoms with E-state index in [1.807, 2.05) is 48.5 Å². The molecule has 0 aromatic heterocycles. The molecule has 8 heteroatoms. The zero-order valence-electron chi connectivity index (χ0n) is 16.5. The van der Waals surface area contributed by atoms with Gasteiger partial charge in [-0.05, 0) is 41.2 Å². The van der Waals surface area contributed by atoms with Crippen LogP contribution in [0.4, 0.5) is 0 Å². The molecule has 1 saturated carbocycles. The van der Waals surface area contributed by atoms with E-state index in [9.17, 15) is 18.3 Å². The first-order valence-corrected chi connectivity index (χ1v) is 11.6. The standard InChI is InChI=1S/C22H23ClN2O4S/c1-15-20(18-5-3-2-4-6-18)22(15,21(26)27)24-30(28,29)25-13-11-17(12-14-25)16-7-9-19(23)10-8-16/h2-11,15,20,24H,12-14H2,1H3,(H,26,27)/t15?,20-,22+/m1/s1. The molecule has 1 fully saturated rings. The molecule has 0 spiro atoms. The second-order valence-electron chi connectivity index (χ2n) is 7.80. The van der Waals surface area contributed by atoms with Crippen LogP contribution < -0.4 is 4.72 Å². The summed E-state index contributed by atoms with van der Waals surface area (Å²) in [6.07, 6.45) is 2.41. The molecule has 2 N–H and O–H groups in total. The lowest BCUT2D eigenvalue weighted by Crippen LogP contribution is -2.52. The number of rotatable bonds is 6. The Morgan fingerprint density at radius 1 is 1.17 bits per heavy atom. The molecule has 0 saturated heterocycles. The van der Waals surface area contributed by atoms with Gasteiger partial charge in [-0.2, -0.15) is 17.4 Å². The summed E-state index contributed by atoms with van der Waals surface area (Å²) in [5.74, 6) is -1.91. The van der Waals surface area contributed by atoms with Gasteiger partial charge in [0.1, 0.15) is 5.54 Å². The number of carbonyl (C=O) groups is 1. The molecule has 4 rings (SSSR count). The smallest absolute Gasteiger partial charge is 0.325 e. The fraction of sp³-hybridized carbons (Fsp3) is 0.318. The van der Waals surface area contributed by atoms with Crippen LogP contribution in [-0.2, 0) is 15.0 Å². The number of hydrogen-bond acceptors (Lipinski definition) is 3. The summed E-state index contributed by atoms with van der Waals surface area (Å²) in [7, 11) is -3.97. The molecule has 1 aliphatic heterocycles. The van der Waals surface area contributed by atoms with Crippen molar-refractivity contribution >= 4 is 33.4 Å². The second-order valence-corrected chi connectivity index (χ2v) is 9.91. The highest BCUT2D eigenvalue weighted by molar-refractivity contribution is 7.87. The minimum Gasteiger partial charge on any atom is -0.480 e. The lowest BCUT2D eigenvalue weighted by atomic mass is 10.0. The lowest BCUT2D eigenvalue weighted by Gasteiger charge is -2.28. The molecule has 1 aliphatic carbocycles. The van der Waals surface area contributed by atoms with E-state index >= 15 is 0 Å². The predicted octanol–water partition coefficient (Wildman–Crippen LogP) is 3.52. The largest absolute Gasteiger partial charge is 0.480 e. The van der Waals surface area contributed by atoms with Gasteiger partial charge in [0, 0.05) is 24.0 Å². The van der Waals surface area contributed by atoms with Crippen molar-refractivity contribution in [2.75, 3.05) is 13.1 Å². The number of hydrogen-bond donors (Lipinski definition) is 2. The third-order valence-corrected chi connectivity index (χ3v) is 8.00. The van der Waals surface area contributed by atoms with Gasteiger partial charge in [-0.3, -0.25) is 4.79 Å². The fourth-order valence-corrected chi connectivity index (χ4v) is 6.06. The van der Waals surface area contributed by atoms with Crippen molar-refractivity contribution in [3.05, 3.63) is 76.8 Å². The molecule has 1 unspecified atom stereocenters. The molecular formula is C22H23ClN2O4S. The van der Waals surface area contributed by atoms with E-state index < -0.39 is 27.6 Å². The first-order valence-electron chi connectivity index (χ1n) is 9.78. The summed E-state index contributed by atoms with van der Waals surface area (Å²) in [6.45, 7) is 2.24. The molecule has 0 radical (unpaired) electrons. The molecule has 6 nitrogen and oxygen atoms in total. The Morgan fingerprint density at radius 3 is 2.40 bits per heavy atom. The first kappa shape index (κ1) is 21.1. The van der Waals surface area contributed by atoms with Crippen molar-refractivity contribution in [2.24, 2.45) is 5.92 Å². The van der Waals surface area contributed by atoms with E-state index in [0.717, 1.165) is 16.7 Å². The van der Waals surface area contributed by atoms with E-state index in [4.69, 9.17) is 11.6 Å².